The molecule has 0 bridgehead atoms. The third kappa shape index (κ3) is 29.2. The van der Waals surface area contributed by atoms with E-state index in [2.05, 4.69) is 54.8 Å². The van der Waals surface area contributed by atoms with Gasteiger partial charge in [0.2, 0.25) is 0 Å². The quantitative estimate of drug-likeness (QED) is 0.0226. The van der Waals surface area contributed by atoms with Crippen LogP contribution in [-0.4, -0.2) is 53.3 Å². The third-order valence-electron chi connectivity index (χ3n) is 8.34. The fraction of sp³-hybridized carbons (Fsp3) is 0.789. The van der Waals surface area contributed by atoms with Gasteiger partial charge in [-0.25, -0.2) is 4.57 Å². The number of unbranched alkanes of at least 4 members (excludes halogenated alkanes) is 14. The molecule has 48 heavy (non-hydrogen) atoms. The zero-order valence-corrected chi connectivity index (χ0v) is 31.0. The van der Waals surface area contributed by atoms with E-state index in [-0.39, 0.29) is 31.7 Å². The number of rotatable bonds is 33. The second kappa shape index (κ2) is 30.1. The van der Waals surface area contributed by atoms with Crippen molar-refractivity contribution in [2.75, 3.05) is 13.2 Å². The van der Waals surface area contributed by atoms with Crippen LogP contribution in [0.4, 0.5) is 0 Å². The molecule has 0 amide bonds. The van der Waals surface area contributed by atoms with Crippen LogP contribution in [0.1, 0.15) is 162 Å². The summed E-state index contributed by atoms with van der Waals surface area (Å²) in [7, 11) is -4.77. The molecule has 3 atom stereocenters. The van der Waals surface area contributed by atoms with Crippen LogP contribution < -0.4 is 0 Å². The van der Waals surface area contributed by atoms with Gasteiger partial charge in [0.1, 0.15) is 6.61 Å². The molecular formula is C38H67O9P. The van der Waals surface area contributed by atoms with E-state index in [0.717, 1.165) is 44.9 Å². The monoisotopic (exact) mass is 698 g/mol. The van der Waals surface area contributed by atoms with E-state index < -0.39 is 32.5 Å². The van der Waals surface area contributed by atoms with Gasteiger partial charge in [-0.1, -0.05) is 134 Å². The average molecular weight is 699 g/mol. The Morgan fingerprint density at radius 3 is 1.83 bits per heavy atom. The summed E-state index contributed by atoms with van der Waals surface area (Å²) in [6.45, 7) is 3.57. The molecule has 1 rings (SSSR count). The van der Waals surface area contributed by atoms with Crippen molar-refractivity contribution in [1.82, 2.24) is 0 Å². The zero-order chi connectivity index (χ0) is 35.1. The highest BCUT2D eigenvalue weighted by molar-refractivity contribution is 7.46. The molecule has 1 saturated heterocycles. The molecule has 0 spiro atoms. The van der Waals surface area contributed by atoms with E-state index in [4.69, 9.17) is 24.0 Å². The van der Waals surface area contributed by atoms with Gasteiger partial charge in [-0.3, -0.25) is 14.1 Å². The summed E-state index contributed by atoms with van der Waals surface area (Å²) in [5.41, 5.74) is 0. The Morgan fingerprint density at radius 2 is 1.21 bits per heavy atom. The summed E-state index contributed by atoms with van der Waals surface area (Å²) in [6, 6.07) is 0. The van der Waals surface area contributed by atoms with Gasteiger partial charge in [-0.2, -0.15) is 0 Å². The van der Waals surface area contributed by atoms with Crippen molar-refractivity contribution in [2.45, 2.75) is 180 Å². The number of esters is 2. The Hall–Kier alpha value is -1.77. The molecule has 0 saturated carbocycles. The lowest BCUT2D eigenvalue weighted by atomic mass is 10.0. The minimum Gasteiger partial charge on any atom is -0.462 e. The number of phosphoric ester groups is 1. The number of phosphoric acid groups is 1. The van der Waals surface area contributed by atoms with Crippen LogP contribution in [0.25, 0.3) is 0 Å². The second-order valence-corrected chi connectivity index (χ2v) is 14.2. The highest BCUT2D eigenvalue weighted by atomic mass is 31.2. The predicted octanol–water partition coefficient (Wildman–Crippen LogP) is 10.00. The van der Waals surface area contributed by atoms with Crippen LogP contribution in [0.3, 0.4) is 0 Å². The van der Waals surface area contributed by atoms with Crippen molar-refractivity contribution >= 4 is 19.8 Å². The first-order valence-corrected chi connectivity index (χ1v) is 20.4. The molecule has 0 radical (unpaired) electrons. The highest BCUT2D eigenvalue weighted by Crippen LogP contribution is 2.36. The maximum Gasteiger partial charge on any atom is 0.469 e. The summed E-state index contributed by atoms with van der Waals surface area (Å²) < 4.78 is 32.0. The number of epoxide rings is 1. The van der Waals surface area contributed by atoms with E-state index in [0.29, 0.717) is 12.8 Å². The fourth-order valence-corrected chi connectivity index (χ4v) is 5.76. The lowest BCUT2D eigenvalue weighted by molar-refractivity contribution is -0.161. The van der Waals surface area contributed by atoms with Crippen LogP contribution in [-0.2, 0) is 32.9 Å². The van der Waals surface area contributed by atoms with Crippen LogP contribution in [0, 0.1) is 0 Å². The van der Waals surface area contributed by atoms with Gasteiger partial charge in [0.25, 0.3) is 0 Å². The molecule has 0 aromatic rings. The van der Waals surface area contributed by atoms with Crippen molar-refractivity contribution in [2.24, 2.45) is 0 Å². The number of hydrogen-bond donors (Lipinski definition) is 2. The van der Waals surface area contributed by atoms with E-state index in [9.17, 15) is 14.2 Å². The minimum absolute atomic E-state index is 0.140. The van der Waals surface area contributed by atoms with Gasteiger partial charge in [0, 0.05) is 12.8 Å². The van der Waals surface area contributed by atoms with Gasteiger partial charge in [-0.05, 0) is 51.4 Å². The summed E-state index contributed by atoms with van der Waals surface area (Å²) in [5.74, 6) is -0.961. The van der Waals surface area contributed by atoms with Crippen molar-refractivity contribution in [1.29, 1.82) is 0 Å². The van der Waals surface area contributed by atoms with Crippen LogP contribution in [0.15, 0.2) is 36.5 Å². The largest absolute Gasteiger partial charge is 0.469 e. The van der Waals surface area contributed by atoms with Crippen molar-refractivity contribution in [3.8, 4) is 0 Å². The molecule has 1 aliphatic heterocycles. The molecular weight excluding hydrogens is 631 g/mol. The molecule has 9 nitrogen and oxygen atoms in total. The Labute approximate surface area is 291 Å². The predicted molar refractivity (Wildman–Crippen MR) is 192 cm³/mol. The van der Waals surface area contributed by atoms with Crippen LogP contribution in [0.5, 0.6) is 0 Å². The number of hydrogen-bond acceptors (Lipinski definition) is 7. The zero-order valence-electron chi connectivity index (χ0n) is 30.1. The molecule has 10 heteroatoms. The molecule has 2 unspecified atom stereocenters. The van der Waals surface area contributed by atoms with E-state index in [1.807, 2.05) is 0 Å². The fourth-order valence-electron chi connectivity index (χ4n) is 5.40. The topological polar surface area (TPSA) is 132 Å². The highest BCUT2D eigenvalue weighted by Gasteiger charge is 2.36. The van der Waals surface area contributed by atoms with E-state index in [1.54, 1.807) is 0 Å². The molecule has 1 aliphatic rings. The minimum atomic E-state index is -4.77. The first kappa shape index (κ1) is 44.3. The first-order valence-electron chi connectivity index (χ1n) is 18.9. The molecule has 0 aliphatic carbocycles. The average Bonchev–Trinajstić information content (AvgIpc) is 3.80. The van der Waals surface area contributed by atoms with Gasteiger partial charge in [0.15, 0.2) is 6.10 Å². The molecule has 2 N–H and O–H groups in total. The van der Waals surface area contributed by atoms with Crippen LogP contribution >= 0.6 is 7.82 Å². The van der Waals surface area contributed by atoms with Gasteiger partial charge in [-0.15, -0.1) is 0 Å². The normalized spacial score (nSPS) is 17.1. The molecule has 1 fully saturated rings. The Bertz CT molecular complexity index is 942. The first-order chi connectivity index (χ1) is 23.2. The van der Waals surface area contributed by atoms with Crippen molar-refractivity contribution in [3.63, 3.8) is 0 Å². The standard InChI is InChI=1S/C38H67O9P/c1-3-5-7-9-11-13-15-17-19-21-23-25-28-35-36(47-35)29-27-31-37(39)44-32-34(33-45-48(41,42)43)46-38(40)30-26-24-22-20-18-16-14-12-10-8-6-4-2/h11,13,17,19,23,25,34-36H,3-10,12,14-16,18,20-22,24,26-33H2,1-2H3,(H2,41,42,43)/b13-11-,19-17-,25-23-/t34-,35?,36?/m1/s1. The maximum atomic E-state index is 12.4. The smallest absolute Gasteiger partial charge is 0.462 e. The van der Waals surface area contributed by atoms with Gasteiger partial charge < -0.3 is 24.0 Å². The molecule has 0 aromatic heterocycles. The lowest BCUT2D eigenvalue weighted by Gasteiger charge is -2.18. The van der Waals surface area contributed by atoms with Crippen molar-refractivity contribution in [3.05, 3.63) is 36.5 Å². The summed E-state index contributed by atoms with van der Waals surface area (Å²) in [6.07, 6.45) is 36.0. The molecule has 0 aromatic carbocycles. The van der Waals surface area contributed by atoms with E-state index >= 15 is 0 Å². The van der Waals surface area contributed by atoms with Crippen molar-refractivity contribution < 1.29 is 42.7 Å². The molecule has 1 heterocycles. The number of carbonyl (C=O) groups is 2. The summed E-state index contributed by atoms with van der Waals surface area (Å²) >= 11 is 0. The Balaban J connectivity index is 2.15. The number of ether oxygens (including phenoxy) is 3. The summed E-state index contributed by atoms with van der Waals surface area (Å²) in [5, 5.41) is 0. The number of carbonyl (C=O) groups excluding carboxylic acids is 2. The van der Waals surface area contributed by atoms with Gasteiger partial charge in [0.05, 0.1) is 18.8 Å². The lowest BCUT2D eigenvalue weighted by Crippen LogP contribution is -2.29. The van der Waals surface area contributed by atoms with E-state index in [1.165, 1.54) is 77.0 Å². The number of allylic oxidation sites excluding steroid dienone is 5. The Kier molecular flexibility index (Phi) is 27.7. The summed E-state index contributed by atoms with van der Waals surface area (Å²) in [4.78, 5) is 42.8. The SMILES string of the molecule is CCCCC/C=C\C/C=C\C/C=C\CC1OC1CCCC(=O)OC[C@H](COP(=O)(O)O)OC(=O)CCCCCCCCCCCCCC. The maximum absolute atomic E-state index is 12.4. The van der Waals surface area contributed by atoms with Crippen LogP contribution in [0.2, 0.25) is 0 Å². The third-order valence-corrected chi connectivity index (χ3v) is 8.82. The van der Waals surface area contributed by atoms with Gasteiger partial charge >= 0.3 is 19.8 Å². The second-order valence-electron chi connectivity index (χ2n) is 12.9. The molecule has 278 valence electrons. The Morgan fingerprint density at radius 1 is 0.667 bits per heavy atom.